The molecule has 0 atom stereocenters. The van der Waals surface area contributed by atoms with Gasteiger partial charge in [-0.2, -0.15) is 0 Å². The van der Waals surface area contributed by atoms with E-state index in [9.17, 15) is 9.59 Å². The SMILES string of the molecule is CNC(=O)c1ccc(NC(=O)c2ccc(OCCC(C)C)cc2)cc1. The van der Waals surface area contributed by atoms with Crippen LogP contribution in [0.15, 0.2) is 48.5 Å². The molecule has 0 saturated carbocycles. The molecule has 2 aromatic rings. The first kappa shape index (κ1) is 18.5. The number of ether oxygens (including phenoxy) is 1. The van der Waals surface area contributed by atoms with Gasteiger partial charge in [0.25, 0.3) is 11.8 Å². The first-order valence-electron chi connectivity index (χ1n) is 8.36. The van der Waals surface area contributed by atoms with Gasteiger partial charge in [0.15, 0.2) is 0 Å². The van der Waals surface area contributed by atoms with Crippen molar-refractivity contribution in [3.05, 3.63) is 59.7 Å². The van der Waals surface area contributed by atoms with Crippen molar-refractivity contribution < 1.29 is 14.3 Å². The second-order valence-corrected chi connectivity index (χ2v) is 6.17. The number of amides is 2. The average Bonchev–Trinajstić information content (AvgIpc) is 2.62. The van der Waals surface area contributed by atoms with Gasteiger partial charge >= 0.3 is 0 Å². The molecule has 132 valence electrons. The molecule has 5 heteroatoms. The third kappa shape index (κ3) is 5.64. The number of rotatable bonds is 7. The highest BCUT2D eigenvalue weighted by molar-refractivity contribution is 6.04. The molecule has 0 heterocycles. The van der Waals surface area contributed by atoms with Crippen LogP contribution in [-0.4, -0.2) is 25.5 Å². The molecule has 0 saturated heterocycles. The smallest absolute Gasteiger partial charge is 0.255 e. The van der Waals surface area contributed by atoms with Crippen LogP contribution in [0.5, 0.6) is 5.75 Å². The van der Waals surface area contributed by atoms with Gasteiger partial charge in [-0.1, -0.05) is 13.8 Å². The van der Waals surface area contributed by atoms with E-state index >= 15 is 0 Å². The Morgan fingerprint density at radius 2 is 1.48 bits per heavy atom. The van der Waals surface area contributed by atoms with Gasteiger partial charge in [0.05, 0.1) is 6.61 Å². The summed E-state index contributed by atoms with van der Waals surface area (Å²) in [5.74, 6) is 0.985. The molecule has 0 bridgehead atoms. The predicted molar refractivity (Wildman–Crippen MR) is 99.2 cm³/mol. The van der Waals surface area contributed by atoms with Crippen LogP contribution in [-0.2, 0) is 0 Å². The molecule has 2 N–H and O–H groups in total. The quantitative estimate of drug-likeness (QED) is 0.807. The van der Waals surface area contributed by atoms with E-state index in [0.717, 1.165) is 12.2 Å². The summed E-state index contributed by atoms with van der Waals surface area (Å²) in [5.41, 5.74) is 1.73. The Labute approximate surface area is 148 Å². The Kier molecular flexibility index (Phi) is 6.57. The maximum atomic E-state index is 12.3. The molecular formula is C20H24N2O3. The minimum absolute atomic E-state index is 0.161. The summed E-state index contributed by atoms with van der Waals surface area (Å²) < 4.78 is 5.65. The van der Waals surface area contributed by atoms with E-state index in [1.807, 2.05) is 0 Å². The van der Waals surface area contributed by atoms with Crippen LogP contribution in [0, 0.1) is 5.92 Å². The Morgan fingerprint density at radius 1 is 0.920 bits per heavy atom. The predicted octanol–water partition coefficient (Wildman–Crippen LogP) is 3.72. The maximum Gasteiger partial charge on any atom is 0.255 e. The Balaban J connectivity index is 1.93. The summed E-state index contributed by atoms with van der Waals surface area (Å²) in [5, 5.41) is 5.36. The van der Waals surface area contributed by atoms with Crippen molar-refractivity contribution in [3.8, 4) is 5.75 Å². The van der Waals surface area contributed by atoms with Gasteiger partial charge in [-0.3, -0.25) is 9.59 Å². The molecule has 0 radical (unpaired) electrons. The van der Waals surface area contributed by atoms with Crippen LogP contribution < -0.4 is 15.4 Å². The standard InChI is InChI=1S/C20H24N2O3/c1-14(2)12-13-25-18-10-6-16(7-11-18)20(24)22-17-8-4-15(5-9-17)19(23)21-3/h4-11,14H,12-13H2,1-3H3,(H,21,23)(H,22,24). The molecule has 0 aromatic heterocycles. The first-order valence-corrected chi connectivity index (χ1v) is 8.36. The zero-order valence-corrected chi connectivity index (χ0v) is 14.8. The number of anilines is 1. The zero-order valence-electron chi connectivity index (χ0n) is 14.8. The van der Waals surface area contributed by atoms with Crippen molar-refractivity contribution in [2.75, 3.05) is 19.0 Å². The first-order chi connectivity index (χ1) is 12.0. The zero-order chi connectivity index (χ0) is 18.2. The van der Waals surface area contributed by atoms with Gasteiger partial charge in [-0.15, -0.1) is 0 Å². The van der Waals surface area contributed by atoms with Crippen molar-refractivity contribution in [2.45, 2.75) is 20.3 Å². The van der Waals surface area contributed by atoms with E-state index in [0.29, 0.717) is 29.3 Å². The van der Waals surface area contributed by atoms with Crippen molar-refractivity contribution in [1.82, 2.24) is 5.32 Å². The highest BCUT2D eigenvalue weighted by Crippen LogP contribution is 2.16. The monoisotopic (exact) mass is 340 g/mol. The van der Waals surface area contributed by atoms with Crippen molar-refractivity contribution >= 4 is 17.5 Å². The lowest BCUT2D eigenvalue weighted by molar-refractivity contribution is 0.0962. The highest BCUT2D eigenvalue weighted by atomic mass is 16.5. The van der Waals surface area contributed by atoms with Gasteiger partial charge in [-0.25, -0.2) is 0 Å². The average molecular weight is 340 g/mol. The van der Waals surface area contributed by atoms with Crippen molar-refractivity contribution in [2.24, 2.45) is 5.92 Å². The lowest BCUT2D eigenvalue weighted by Crippen LogP contribution is -2.17. The minimum atomic E-state index is -0.207. The number of hydrogen-bond acceptors (Lipinski definition) is 3. The van der Waals surface area contributed by atoms with Crippen LogP contribution in [0.4, 0.5) is 5.69 Å². The van der Waals surface area contributed by atoms with Gasteiger partial charge in [0, 0.05) is 23.9 Å². The summed E-state index contributed by atoms with van der Waals surface area (Å²) in [6, 6.07) is 13.8. The van der Waals surface area contributed by atoms with Gasteiger partial charge in [0.2, 0.25) is 0 Å². The normalized spacial score (nSPS) is 10.4. The van der Waals surface area contributed by atoms with Crippen LogP contribution in [0.2, 0.25) is 0 Å². The summed E-state index contributed by atoms with van der Waals surface area (Å²) in [4.78, 5) is 23.8. The Morgan fingerprint density at radius 3 is 2.04 bits per heavy atom. The molecule has 0 fully saturated rings. The molecular weight excluding hydrogens is 316 g/mol. The number of carbonyl (C=O) groups excluding carboxylic acids is 2. The van der Waals surface area contributed by atoms with E-state index in [1.54, 1.807) is 55.6 Å². The van der Waals surface area contributed by atoms with E-state index in [1.165, 1.54) is 0 Å². The fraction of sp³-hybridized carbons (Fsp3) is 0.300. The summed E-state index contributed by atoms with van der Waals surface area (Å²) in [6.45, 7) is 4.97. The van der Waals surface area contributed by atoms with Crippen LogP contribution >= 0.6 is 0 Å². The van der Waals surface area contributed by atoms with Crippen molar-refractivity contribution in [1.29, 1.82) is 0 Å². The summed E-state index contributed by atoms with van der Waals surface area (Å²) >= 11 is 0. The van der Waals surface area contributed by atoms with Gasteiger partial charge in [0.1, 0.15) is 5.75 Å². The summed E-state index contributed by atoms with van der Waals surface area (Å²) in [7, 11) is 1.58. The molecule has 25 heavy (non-hydrogen) atoms. The number of benzene rings is 2. The molecule has 0 spiro atoms. The molecule has 0 aliphatic heterocycles. The molecule has 0 unspecified atom stereocenters. The largest absolute Gasteiger partial charge is 0.494 e. The molecule has 2 amide bonds. The second kappa shape index (κ2) is 8.87. The molecule has 2 rings (SSSR count). The topological polar surface area (TPSA) is 67.4 Å². The maximum absolute atomic E-state index is 12.3. The molecule has 5 nitrogen and oxygen atoms in total. The Hall–Kier alpha value is -2.82. The summed E-state index contributed by atoms with van der Waals surface area (Å²) in [6.07, 6.45) is 0.994. The third-order valence-electron chi connectivity index (χ3n) is 3.71. The van der Waals surface area contributed by atoms with E-state index < -0.39 is 0 Å². The second-order valence-electron chi connectivity index (χ2n) is 6.17. The van der Waals surface area contributed by atoms with Gasteiger partial charge < -0.3 is 15.4 Å². The van der Waals surface area contributed by atoms with Crippen LogP contribution in [0.3, 0.4) is 0 Å². The number of hydrogen-bond donors (Lipinski definition) is 2. The van der Waals surface area contributed by atoms with E-state index in [-0.39, 0.29) is 11.8 Å². The molecule has 0 aliphatic rings. The number of carbonyl (C=O) groups is 2. The fourth-order valence-electron chi connectivity index (χ4n) is 2.17. The highest BCUT2D eigenvalue weighted by Gasteiger charge is 2.08. The van der Waals surface area contributed by atoms with Crippen LogP contribution in [0.1, 0.15) is 41.0 Å². The van der Waals surface area contributed by atoms with Gasteiger partial charge in [-0.05, 0) is 60.9 Å². The molecule has 2 aromatic carbocycles. The lowest BCUT2D eigenvalue weighted by atomic mass is 10.1. The third-order valence-corrected chi connectivity index (χ3v) is 3.71. The van der Waals surface area contributed by atoms with Crippen LogP contribution in [0.25, 0.3) is 0 Å². The van der Waals surface area contributed by atoms with E-state index in [4.69, 9.17) is 4.74 Å². The lowest BCUT2D eigenvalue weighted by Gasteiger charge is -2.09. The molecule has 0 aliphatic carbocycles. The minimum Gasteiger partial charge on any atom is -0.494 e. The van der Waals surface area contributed by atoms with E-state index in [2.05, 4.69) is 24.5 Å². The Bertz CT molecular complexity index is 707. The number of nitrogens with one attached hydrogen (secondary N) is 2. The fourth-order valence-corrected chi connectivity index (χ4v) is 2.17. The van der Waals surface area contributed by atoms with Crippen molar-refractivity contribution in [3.63, 3.8) is 0 Å².